The molecule has 4 N–H and O–H groups in total. The number of aromatic amines is 1. The molecule has 2 aromatic rings. The molecule has 0 radical (unpaired) electrons. The highest BCUT2D eigenvalue weighted by molar-refractivity contribution is 6.05. The number of amides is 1. The van der Waals surface area contributed by atoms with Crippen molar-refractivity contribution in [2.24, 2.45) is 17.6 Å². The Balaban J connectivity index is 1.75. The number of rotatable bonds is 3. The van der Waals surface area contributed by atoms with E-state index in [2.05, 4.69) is 15.3 Å². The number of carbonyl (C=O) groups excluding carboxylic acids is 1. The predicted octanol–water partition coefficient (Wildman–Crippen LogP) is 2.26. The van der Waals surface area contributed by atoms with E-state index in [1.54, 1.807) is 6.20 Å². The number of primary amides is 1. The third-order valence-corrected chi connectivity index (χ3v) is 4.92. The standard InChI is InChI=1S/C15H18N4O/c16-14(20)11-7-18-15-10(3-4-17-15)13(11)19-12-6-8-1-2-9(12)5-8/h3-4,7-9,12H,1-2,5-6H2,(H2,16,20)(H2,17,18,19)/t8-,9+,12?/m0/s1. The van der Waals surface area contributed by atoms with E-state index in [0.29, 0.717) is 11.6 Å². The van der Waals surface area contributed by atoms with E-state index >= 15 is 0 Å². The van der Waals surface area contributed by atoms with Crippen LogP contribution >= 0.6 is 0 Å². The van der Waals surface area contributed by atoms with Crippen molar-refractivity contribution in [1.82, 2.24) is 9.97 Å². The minimum Gasteiger partial charge on any atom is -0.381 e. The molecule has 0 aromatic carbocycles. The number of H-pyrrole nitrogens is 1. The molecule has 0 aliphatic heterocycles. The summed E-state index contributed by atoms with van der Waals surface area (Å²) >= 11 is 0. The van der Waals surface area contributed by atoms with E-state index in [1.165, 1.54) is 25.7 Å². The molecule has 5 nitrogen and oxygen atoms in total. The fourth-order valence-corrected chi connectivity index (χ4v) is 3.96. The van der Waals surface area contributed by atoms with Gasteiger partial charge in [-0.3, -0.25) is 4.79 Å². The molecule has 2 aromatic heterocycles. The fraction of sp³-hybridized carbons (Fsp3) is 0.467. The van der Waals surface area contributed by atoms with Gasteiger partial charge in [0.15, 0.2) is 0 Å². The van der Waals surface area contributed by atoms with Crippen molar-refractivity contribution >= 4 is 22.6 Å². The first-order chi connectivity index (χ1) is 9.72. The van der Waals surface area contributed by atoms with Crippen LogP contribution < -0.4 is 11.1 Å². The van der Waals surface area contributed by atoms with Crippen LogP contribution in [0.4, 0.5) is 5.69 Å². The lowest BCUT2D eigenvalue weighted by molar-refractivity contribution is 0.100. The topological polar surface area (TPSA) is 83.8 Å². The molecule has 1 amide bonds. The molecule has 2 fully saturated rings. The molecule has 20 heavy (non-hydrogen) atoms. The Morgan fingerprint density at radius 2 is 2.30 bits per heavy atom. The van der Waals surface area contributed by atoms with Crippen LogP contribution in [0.25, 0.3) is 11.0 Å². The number of nitrogens with two attached hydrogens (primary N) is 1. The van der Waals surface area contributed by atoms with E-state index in [1.807, 2.05) is 12.3 Å². The van der Waals surface area contributed by atoms with E-state index in [4.69, 9.17) is 5.73 Å². The Morgan fingerprint density at radius 1 is 1.40 bits per heavy atom. The molecule has 5 heteroatoms. The Kier molecular flexibility index (Phi) is 2.49. The fourth-order valence-electron chi connectivity index (χ4n) is 3.96. The van der Waals surface area contributed by atoms with Gasteiger partial charge in [0, 0.05) is 23.8 Å². The minimum atomic E-state index is -0.425. The van der Waals surface area contributed by atoms with Crippen LogP contribution in [0.5, 0.6) is 0 Å². The lowest BCUT2D eigenvalue weighted by atomic mass is 9.94. The quantitative estimate of drug-likeness (QED) is 0.800. The molecule has 4 rings (SSSR count). The van der Waals surface area contributed by atoms with Crippen LogP contribution in [0.2, 0.25) is 0 Å². The number of hydrogen-bond donors (Lipinski definition) is 3. The van der Waals surface area contributed by atoms with Crippen LogP contribution in [0.15, 0.2) is 18.5 Å². The Bertz CT molecular complexity index is 678. The van der Waals surface area contributed by atoms with Gasteiger partial charge in [-0.15, -0.1) is 0 Å². The smallest absolute Gasteiger partial charge is 0.252 e. The number of nitrogens with one attached hydrogen (secondary N) is 2. The van der Waals surface area contributed by atoms with E-state index in [0.717, 1.165) is 28.6 Å². The van der Waals surface area contributed by atoms with Gasteiger partial charge < -0.3 is 16.0 Å². The summed E-state index contributed by atoms with van der Waals surface area (Å²) in [6, 6.07) is 2.41. The number of fused-ring (bicyclic) bond motifs is 3. The van der Waals surface area contributed by atoms with Gasteiger partial charge in [-0.25, -0.2) is 4.98 Å². The third-order valence-electron chi connectivity index (χ3n) is 4.92. The molecule has 0 saturated heterocycles. The number of carbonyl (C=O) groups is 1. The largest absolute Gasteiger partial charge is 0.381 e. The molecule has 2 heterocycles. The molecular formula is C15H18N4O. The van der Waals surface area contributed by atoms with Crippen molar-refractivity contribution in [2.75, 3.05) is 5.32 Å². The maximum absolute atomic E-state index is 11.7. The average molecular weight is 270 g/mol. The lowest BCUT2D eigenvalue weighted by Gasteiger charge is -2.25. The predicted molar refractivity (Wildman–Crippen MR) is 77.5 cm³/mol. The SMILES string of the molecule is NC(=O)c1cnc2[nH]ccc2c1NC1C[C@H]2CC[C@@H]1C2. The summed E-state index contributed by atoms with van der Waals surface area (Å²) in [6.07, 6.45) is 8.60. The Hall–Kier alpha value is -2.04. The highest BCUT2D eigenvalue weighted by Gasteiger charge is 2.39. The lowest BCUT2D eigenvalue weighted by Crippen LogP contribution is -2.27. The first-order valence-corrected chi connectivity index (χ1v) is 7.25. The van der Waals surface area contributed by atoms with Gasteiger partial charge in [-0.2, -0.15) is 0 Å². The van der Waals surface area contributed by atoms with Gasteiger partial charge in [0.05, 0.1) is 11.3 Å². The van der Waals surface area contributed by atoms with Gasteiger partial charge in [0.1, 0.15) is 5.65 Å². The summed E-state index contributed by atoms with van der Waals surface area (Å²) in [5, 5.41) is 4.54. The molecule has 104 valence electrons. The highest BCUT2D eigenvalue weighted by atomic mass is 16.1. The van der Waals surface area contributed by atoms with Crippen molar-refractivity contribution in [3.63, 3.8) is 0 Å². The first-order valence-electron chi connectivity index (χ1n) is 7.25. The molecule has 0 spiro atoms. The summed E-state index contributed by atoms with van der Waals surface area (Å²) in [5.41, 5.74) is 7.62. The van der Waals surface area contributed by atoms with Gasteiger partial charge in [-0.05, 0) is 37.2 Å². The molecule has 2 aliphatic rings. The van der Waals surface area contributed by atoms with Crippen LogP contribution in [0.1, 0.15) is 36.0 Å². The molecular weight excluding hydrogens is 252 g/mol. The number of anilines is 1. The maximum Gasteiger partial charge on any atom is 0.252 e. The van der Waals surface area contributed by atoms with Crippen molar-refractivity contribution in [1.29, 1.82) is 0 Å². The van der Waals surface area contributed by atoms with Gasteiger partial charge in [0.25, 0.3) is 5.91 Å². The monoisotopic (exact) mass is 270 g/mol. The number of aromatic nitrogens is 2. The average Bonchev–Trinajstić information content (AvgIpc) is 3.14. The third kappa shape index (κ3) is 1.69. The van der Waals surface area contributed by atoms with Crippen molar-refractivity contribution < 1.29 is 4.79 Å². The molecule has 3 atom stereocenters. The molecule has 2 aliphatic carbocycles. The zero-order valence-electron chi connectivity index (χ0n) is 11.2. The summed E-state index contributed by atoms with van der Waals surface area (Å²) in [7, 11) is 0. The normalized spacial score (nSPS) is 28.1. The van der Waals surface area contributed by atoms with Crippen LogP contribution in [0.3, 0.4) is 0 Å². The molecule has 1 unspecified atom stereocenters. The summed E-state index contributed by atoms with van der Waals surface area (Å²) in [5.74, 6) is 1.17. The second-order valence-electron chi connectivity index (χ2n) is 6.08. The van der Waals surface area contributed by atoms with Gasteiger partial charge in [0.2, 0.25) is 0 Å². The summed E-state index contributed by atoms with van der Waals surface area (Å²) in [4.78, 5) is 19.0. The van der Waals surface area contributed by atoms with Crippen LogP contribution in [-0.2, 0) is 0 Å². The number of pyridine rings is 1. The van der Waals surface area contributed by atoms with Crippen LogP contribution in [-0.4, -0.2) is 21.9 Å². The van der Waals surface area contributed by atoms with E-state index < -0.39 is 5.91 Å². The van der Waals surface area contributed by atoms with Gasteiger partial charge in [-0.1, -0.05) is 6.42 Å². The van der Waals surface area contributed by atoms with Gasteiger partial charge >= 0.3 is 0 Å². The van der Waals surface area contributed by atoms with Crippen molar-refractivity contribution in [3.8, 4) is 0 Å². The van der Waals surface area contributed by atoms with Crippen molar-refractivity contribution in [3.05, 3.63) is 24.0 Å². The number of hydrogen-bond acceptors (Lipinski definition) is 3. The highest BCUT2D eigenvalue weighted by Crippen LogP contribution is 2.46. The van der Waals surface area contributed by atoms with Crippen molar-refractivity contribution in [2.45, 2.75) is 31.7 Å². The van der Waals surface area contributed by atoms with E-state index in [9.17, 15) is 4.79 Å². The Morgan fingerprint density at radius 3 is 3.00 bits per heavy atom. The Labute approximate surface area is 117 Å². The summed E-state index contributed by atoms with van der Waals surface area (Å²) < 4.78 is 0. The first kappa shape index (κ1) is 11.8. The second kappa shape index (κ2) is 4.23. The summed E-state index contributed by atoms with van der Waals surface area (Å²) in [6.45, 7) is 0. The zero-order chi connectivity index (χ0) is 13.7. The number of nitrogens with zero attached hydrogens (tertiary/aromatic N) is 1. The minimum absolute atomic E-state index is 0.425. The molecule has 2 bridgehead atoms. The van der Waals surface area contributed by atoms with E-state index in [-0.39, 0.29) is 0 Å². The maximum atomic E-state index is 11.7. The van der Waals surface area contributed by atoms with Crippen LogP contribution in [0, 0.1) is 11.8 Å². The molecule has 2 saturated carbocycles. The second-order valence-corrected chi connectivity index (χ2v) is 6.08. The zero-order valence-corrected chi connectivity index (χ0v) is 11.2.